The number of rotatable bonds is 7. The number of hydrogen-bond acceptors (Lipinski definition) is 4. The predicted octanol–water partition coefficient (Wildman–Crippen LogP) is 12.3. The molecule has 10 rings (SSSR count). The molecule has 0 saturated heterocycles. The highest BCUT2D eigenvalue weighted by molar-refractivity contribution is 6.13. The SMILES string of the molecule is c1ccc(-c2cccc(C3=NC(Nc4ccc(-c5ccc6c(c5)c5ccccc5n6-c5ccccc5)cc4-c4ccccc4)=NC(c4ccccc4)N3)c2)cc1. The van der Waals surface area contributed by atoms with Crippen molar-refractivity contribution in [2.45, 2.75) is 6.17 Å². The molecule has 0 radical (unpaired) electrons. The van der Waals surface area contributed by atoms with Gasteiger partial charge in [0, 0.05) is 33.3 Å². The van der Waals surface area contributed by atoms with Crippen LogP contribution in [0.5, 0.6) is 0 Å². The summed E-state index contributed by atoms with van der Waals surface area (Å²) in [7, 11) is 0. The fourth-order valence-corrected chi connectivity index (χ4v) is 7.75. The van der Waals surface area contributed by atoms with Crippen molar-refractivity contribution in [1.29, 1.82) is 0 Å². The summed E-state index contributed by atoms with van der Waals surface area (Å²) in [6.45, 7) is 0. The van der Waals surface area contributed by atoms with Crippen LogP contribution in [0.25, 0.3) is 60.9 Å². The fourth-order valence-electron chi connectivity index (χ4n) is 7.75. The molecule has 1 unspecified atom stereocenters. The summed E-state index contributed by atoms with van der Waals surface area (Å²) in [5.41, 5.74) is 13.2. The maximum atomic E-state index is 5.11. The summed E-state index contributed by atoms with van der Waals surface area (Å²) in [6, 6.07) is 72.5. The van der Waals surface area contributed by atoms with Crippen LogP contribution in [0, 0.1) is 0 Å². The number of aliphatic imine (C=N–C) groups is 2. The van der Waals surface area contributed by atoms with E-state index in [1.54, 1.807) is 0 Å². The van der Waals surface area contributed by atoms with E-state index in [9.17, 15) is 0 Å². The summed E-state index contributed by atoms with van der Waals surface area (Å²) in [4.78, 5) is 10.2. The Bertz CT molecular complexity index is 2900. The van der Waals surface area contributed by atoms with Gasteiger partial charge in [0.15, 0.2) is 0 Å². The molecule has 56 heavy (non-hydrogen) atoms. The number of aromatic nitrogens is 1. The Hall–Kier alpha value is -7.50. The Kier molecular flexibility index (Phi) is 8.50. The van der Waals surface area contributed by atoms with E-state index < -0.39 is 0 Å². The zero-order valence-corrected chi connectivity index (χ0v) is 30.5. The molecule has 8 aromatic carbocycles. The molecule has 0 fully saturated rings. The Morgan fingerprint density at radius 3 is 1.82 bits per heavy atom. The first-order valence-corrected chi connectivity index (χ1v) is 18.9. The van der Waals surface area contributed by atoms with Crippen LogP contribution < -0.4 is 10.6 Å². The second kappa shape index (κ2) is 14.4. The van der Waals surface area contributed by atoms with Gasteiger partial charge in [-0.1, -0.05) is 158 Å². The van der Waals surface area contributed by atoms with Crippen LogP contribution >= 0.6 is 0 Å². The average molecular weight is 720 g/mol. The number of guanidine groups is 1. The fraction of sp³-hybridized carbons (Fsp3) is 0.0196. The molecule has 0 aliphatic carbocycles. The zero-order valence-electron chi connectivity index (χ0n) is 30.5. The first-order valence-electron chi connectivity index (χ1n) is 18.9. The molecule has 0 amide bonds. The molecule has 0 bridgehead atoms. The molecular formula is C51H37N5. The van der Waals surface area contributed by atoms with Crippen molar-refractivity contribution in [3.63, 3.8) is 0 Å². The number of para-hydroxylation sites is 2. The van der Waals surface area contributed by atoms with Crippen LogP contribution in [0.2, 0.25) is 0 Å². The third-order valence-corrected chi connectivity index (χ3v) is 10.5. The summed E-state index contributed by atoms with van der Waals surface area (Å²) < 4.78 is 2.35. The molecule has 0 saturated carbocycles. The van der Waals surface area contributed by atoms with E-state index in [1.165, 1.54) is 21.8 Å². The number of hydrogen-bond donors (Lipinski definition) is 2. The van der Waals surface area contributed by atoms with Gasteiger partial charge in [0.2, 0.25) is 5.96 Å². The molecular weight excluding hydrogens is 683 g/mol. The van der Waals surface area contributed by atoms with Crippen LogP contribution in [0.3, 0.4) is 0 Å². The summed E-state index contributed by atoms with van der Waals surface area (Å²) in [5, 5.41) is 9.74. The number of fused-ring (bicyclic) bond motifs is 3. The normalized spacial score (nSPS) is 13.9. The third-order valence-electron chi connectivity index (χ3n) is 10.5. The number of benzene rings is 8. The van der Waals surface area contributed by atoms with Crippen LogP contribution in [0.4, 0.5) is 5.69 Å². The number of anilines is 1. The second-order valence-electron chi connectivity index (χ2n) is 14.0. The van der Waals surface area contributed by atoms with E-state index in [1.807, 2.05) is 24.3 Å². The minimum atomic E-state index is -0.323. The van der Waals surface area contributed by atoms with E-state index in [4.69, 9.17) is 9.98 Å². The highest BCUT2D eigenvalue weighted by Gasteiger charge is 2.22. The van der Waals surface area contributed by atoms with Gasteiger partial charge in [0.25, 0.3) is 0 Å². The Labute approximate surface area is 326 Å². The number of nitrogens with one attached hydrogen (secondary N) is 2. The highest BCUT2D eigenvalue weighted by atomic mass is 15.3. The van der Waals surface area contributed by atoms with E-state index >= 15 is 0 Å². The number of amidine groups is 1. The van der Waals surface area contributed by atoms with Gasteiger partial charge in [0.05, 0.1) is 11.0 Å². The Morgan fingerprint density at radius 2 is 1.04 bits per heavy atom. The molecule has 5 heteroatoms. The van der Waals surface area contributed by atoms with Crippen molar-refractivity contribution < 1.29 is 0 Å². The maximum Gasteiger partial charge on any atom is 0.226 e. The van der Waals surface area contributed by atoms with E-state index in [0.717, 1.165) is 61.7 Å². The van der Waals surface area contributed by atoms with Gasteiger partial charge >= 0.3 is 0 Å². The van der Waals surface area contributed by atoms with Gasteiger partial charge < -0.3 is 15.2 Å². The molecule has 2 N–H and O–H groups in total. The van der Waals surface area contributed by atoms with E-state index in [0.29, 0.717) is 5.96 Å². The lowest BCUT2D eigenvalue weighted by Crippen LogP contribution is -2.35. The van der Waals surface area contributed by atoms with Crippen LogP contribution in [-0.4, -0.2) is 16.4 Å². The number of nitrogens with zero attached hydrogens (tertiary/aromatic N) is 3. The topological polar surface area (TPSA) is 53.7 Å². The molecule has 2 heterocycles. The van der Waals surface area contributed by atoms with Crippen molar-refractivity contribution in [3.05, 3.63) is 217 Å². The average Bonchev–Trinajstić information content (AvgIpc) is 3.61. The van der Waals surface area contributed by atoms with Gasteiger partial charge in [-0.15, -0.1) is 0 Å². The lowest BCUT2D eigenvalue weighted by atomic mass is 9.96. The van der Waals surface area contributed by atoms with Crippen molar-refractivity contribution >= 4 is 39.3 Å². The lowest BCUT2D eigenvalue weighted by Gasteiger charge is -2.24. The maximum absolute atomic E-state index is 5.11. The molecule has 1 aliphatic rings. The molecule has 0 spiro atoms. The minimum Gasteiger partial charge on any atom is -0.344 e. The molecule has 1 aromatic heterocycles. The van der Waals surface area contributed by atoms with Crippen molar-refractivity contribution in [2.24, 2.45) is 9.98 Å². The molecule has 1 aliphatic heterocycles. The van der Waals surface area contributed by atoms with Crippen molar-refractivity contribution in [2.75, 3.05) is 5.32 Å². The zero-order chi connectivity index (χ0) is 37.3. The third kappa shape index (κ3) is 6.31. The summed E-state index contributed by atoms with van der Waals surface area (Å²) >= 11 is 0. The van der Waals surface area contributed by atoms with E-state index in [2.05, 4.69) is 197 Å². The first kappa shape index (κ1) is 33.1. The van der Waals surface area contributed by atoms with E-state index in [-0.39, 0.29) is 6.17 Å². The monoisotopic (exact) mass is 719 g/mol. The van der Waals surface area contributed by atoms with Gasteiger partial charge in [-0.05, 0) is 81.9 Å². The van der Waals surface area contributed by atoms with Crippen LogP contribution in [-0.2, 0) is 0 Å². The predicted molar refractivity (Wildman–Crippen MR) is 233 cm³/mol. The largest absolute Gasteiger partial charge is 0.344 e. The van der Waals surface area contributed by atoms with Gasteiger partial charge in [-0.25, -0.2) is 4.99 Å². The van der Waals surface area contributed by atoms with Gasteiger partial charge in [0.1, 0.15) is 12.0 Å². The standard InChI is InChI=1S/C51H37N5/c1-5-16-35(17-6-1)38-22-15-23-41(32-38)50-53-49(37-20-9-3-10-21-37)54-51(55-50)52-46-30-28-39(33-44(46)36-18-7-2-8-19-36)40-29-31-48-45(34-40)43-26-13-14-27-47(43)56(48)42-24-11-4-12-25-42/h1-34,49H,(H2,52,53,54,55). The van der Waals surface area contributed by atoms with Gasteiger partial charge in [-0.2, -0.15) is 4.99 Å². The van der Waals surface area contributed by atoms with Crippen LogP contribution in [0.1, 0.15) is 17.3 Å². The second-order valence-corrected chi connectivity index (χ2v) is 14.0. The smallest absolute Gasteiger partial charge is 0.226 e. The van der Waals surface area contributed by atoms with Crippen LogP contribution in [0.15, 0.2) is 216 Å². The summed E-state index contributed by atoms with van der Waals surface area (Å²) in [6.07, 6.45) is -0.323. The van der Waals surface area contributed by atoms with Crippen molar-refractivity contribution in [1.82, 2.24) is 9.88 Å². The molecule has 9 aromatic rings. The minimum absolute atomic E-state index is 0.323. The molecule has 5 nitrogen and oxygen atoms in total. The quantitative estimate of drug-likeness (QED) is 0.172. The lowest BCUT2D eigenvalue weighted by molar-refractivity contribution is 0.673. The Balaban J connectivity index is 1.06. The Morgan fingerprint density at radius 1 is 0.446 bits per heavy atom. The molecule has 1 atom stereocenters. The first-order chi connectivity index (χ1) is 27.7. The highest BCUT2D eigenvalue weighted by Crippen LogP contribution is 2.38. The summed E-state index contributed by atoms with van der Waals surface area (Å²) in [5.74, 6) is 1.30. The molecule has 266 valence electrons. The van der Waals surface area contributed by atoms with Gasteiger partial charge in [-0.3, -0.25) is 0 Å². The van der Waals surface area contributed by atoms with Crippen molar-refractivity contribution in [3.8, 4) is 39.1 Å².